The van der Waals surface area contributed by atoms with Crippen molar-refractivity contribution in [2.24, 2.45) is 0 Å². The van der Waals surface area contributed by atoms with Crippen molar-refractivity contribution in [2.45, 2.75) is 38.1 Å². The first-order chi connectivity index (χ1) is 11.4. The van der Waals surface area contributed by atoms with E-state index >= 15 is 0 Å². The minimum atomic E-state index is 0.497. The average Bonchev–Trinajstić information content (AvgIpc) is 3.09. The zero-order valence-corrected chi connectivity index (χ0v) is 14.0. The number of hydrogen-bond donors (Lipinski definition) is 0. The highest BCUT2D eigenvalue weighted by Crippen LogP contribution is 2.42. The third-order valence-electron chi connectivity index (χ3n) is 5.47. The molecular formula is C19H28N2O2. The van der Waals surface area contributed by atoms with E-state index < -0.39 is 0 Å². The minimum absolute atomic E-state index is 0.497. The van der Waals surface area contributed by atoms with E-state index in [1.807, 2.05) is 6.07 Å². The Morgan fingerprint density at radius 1 is 0.913 bits per heavy atom. The van der Waals surface area contributed by atoms with Crippen molar-refractivity contribution in [3.63, 3.8) is 0 Å². The van der Waals surface area contributed by atoms with E-state index in [-0.39, 0.29) is 0 Å². The van der Waals surface area contributed by atoms with Gasteiger partial charge in [-0.15, -0.1) is 0 Å². The lowest BCUT2D eigenvalue weighted by Gasteiger charge is -2.32. The van der Waals surface area contributed by atoms with Crippen molar-refractivity contribution in [2.75, 3.05) is 45.9 Å². The summed E-state index contributed by atoms with van der Waals surface area (Å²) in [4.78, 5) is 5.29. The van der Waals surface area contributed by atoms with Crippen LogP contribution in [-0.4, -0.2) is 55.7 Å². The van der Waals surface area contributed by atoms with Crippen LogP contribution >= 0.6 is 0 Å². The second kappa shape index (κ2) is 7.10. The van der Waals surface area contributed by atoms with Crippen molar-refractivity contribution in [1.29, 1.82) is 0 Å². The van der Waals surface area contributed by atoms with Crippen LogP contribution in [-0.2, 0) is 0 Å². The lowest BCUT2D eigenvalue weighted by Crippen LogP contribution is -2.37. The van der Waals surface area contributed by atoms with Gasteiger partial charge in [0, 0.05) is 24.7 Å². The quantitative estimate of drug-likeness (QED) is 0.852. The van der Waals surface area contributed by atoms with E-state index in [0.29, 0.717) is 19.3 Å². The Kier molecular flexibility index (Phi) is 4.72. The van der Waals surface area contributed by atoms with Crippen molar-refractivity contribution in [3.8, 4) is 11.5 Å². The lowest BCUT2D eigenvalue weighted by molar-refractivity contribution is 0.156. The molecule has 0 aliphatic carbocycles. The van der Waals surface area contributed by atoms with E-state index in [1.165, 1.54) is 70.4 Å². The van der Waals surface area contributed by atoms with Crippen LogP contribution in [0.15, 0.2) is 18.2 Å². The summed E-state index contributed by atoms with van der Waals surface area (Å²) in [5.41, 5.74) is 1.33. The van der Waals surface area contributed by atoms with Crippen LogP contribution in [0.4, 0.5) is 0 Å². The standard InChI is InChI=1S/C19H28N2O2/c1-2-9-20(10-3-1)12-13-21-11-5-7-17(21)16-6-4-8-18-19(16)23-15-14-22-18/h4,6,8,17H,1-3,5,7,9-15H2. The number of rotatable bonds is 4. The molecule has 0 bridgehead atoms. The monoisotopic (exact) mass is 316 g/mol. The Morgan fingerprint density at radius 2 is 1.78 bits per heavy atom. The van der Waals surface area contributed by atoms with Crippen molar-refractivity contribution < 1.29 is 9.47 Å². The van der Waals surface area contributed by atoms with Gasteiger partial charge < -0.3 is 14.4 Å². The van der Waals surface area contributed by atoms with Crippen molar-refractivity contribution in [3.05, 3.63) is 23.8 Å². The third kappa shape index (κ3) is 3.33. The summed E-state index contributed by atoms with van der Waals surface area (Å²) in [5.74, 6) is 1.92. The van der Waals surface area contributed by atoms with Crippen molar-refractivity contribution >= 4 is 0 Å². The van der Waals surface area contributed by atoms with Gasteiger partial charge in [0.25, 0.3) is 0 Å². The van der Waals surface area contributed by atoms with Crippen LogP contribution in [0.1, 0.15) is 43.7 Å². The predicted molar refractivity (Wildman–Crippen MR) is 91.3 cm³/mol. The van der Waals surface area contributed by atoms with Gasteiger partial charge in [-0.05, 0) is 51.4 Å². The molecule has 3 aliphatic rings. The molecule has 0 aromatic heterocycles. The molecule has 0 N–H and O–H groups in total. The van der Waals surface area contributed by atoms with Crippen LogP contribution in [0, 0.1) is 0 Å². The molecule has 0 amide bonds. The maximum atomic E-state index is 5.95. The number of nitrogens with zero attached hydrogens (tertiary/aromatic N) is 2. The molecule has 1 aromatic rings. The molecule has 0 spiro atoms. The zero-order valence-electron chi connectivity index (χ0n) is 14.0. The minimum Gasteiger partial charge on any atom is -0.486 e. The van der Waals surface area contributed by atoms with E-state index in [2.05, 4.69) is 21.9 Å². The molecule has 3 heterocycles. The summed E-state index contributed by atoms with van der Waals surface area (Å²) < 4.78 is 11.7. The summed E-state index contributed by atoms with van der Waals surface area (Å²) in [6.07, 6.45) is 6.69. The second-order valence-corrected chi connectivity index (χ2v) is 6.97. The normalized spacial score (nSPS) is 25.7. The summed E-state index contributed by atoms with van der Waals surface area (Å²) in [7, 11) is 0. The van der Waals surface area contributed by atoms with E-state index in [4.69, 9.17) is 9.47 Å². The maximum Gasteiger partial charge on any atom is 0.166 e. The number of piperidine rings is 1. The molecule has 1 aromatic carbocycles. The molecule has 1 atom stereocenters. The summed E-state index contributed by atoms with van der Waals surface area (Å²) >= 11 is 0. The van der Waals surface area contributed by atoms with Gasteiger partial charge in [0.2, 0.25) is 0 Å². The molecule has 1 unspecified atom stereocenters. The Hall–Kier alpha value is -1.26. The summed E-state index contributed by atoms with van der Waals surface area (Å²) in [6, 6.07) is 6.88. The summed E-state index contributed by atoms with van der Waals surface area (Å²) in [6.45, 7) is 7.51. The van der Waals surface area contributed by atoms with E-state index in [9.17, 15) is 0 Å². The highest BCUT2D eigenvalue weighted by molar-refractivity contribution is 5.49. The van der Waals surface area contributed by atoms with Gasteiger partial charge in [0.1, 0.15) is 13.2 Å². The fourth-order valence-electron chi connectivity index (χ4n) is 4.26. The van der Waals surface area contributed by atoms with Crippen LogP contribution < -0.4 is 9.47 Å². The number of likely N-dealkylation sites (tertiary alicyclic amines) is 2. The maximum absolute atomic E-state index is 5.95. The number of para-hydroxylation sites is 1. The lowest BCUT2D eigenvalue weighted by atomic mass is 10.0. The van der Waals surface area contributed by atoms with Gasteiger partial charge in [-0.3, -0.25) is 4.90 Å². The van der Waals surface area contributed by atoms with E-state index in [0.717, 1.165) is 11.5 Å². The van der Waals surface area contributed by atoms with Gasteiger partial charge >= 0.3 is 0 Å². The van der Waals surface area contributed by atoms with Crippen molar-refractivity contribution in [1.82, 2.24) is 9.80 Å². The molecule has 3 aliphatic heterocycles. The van der Waals surface area contributed by atoms with Gasteiger partial charge in [-0.2, -0.15) is 0 Å². The highest BCUT2D eigenvalue weighted by atomic mass is 16.6. The first-order valence-corrected chi connectivity index (χ1v) is 9.27. The number of ether oxygens (including phenoxy) is 2. The average molecular weight is 316 g/mol. The molecule has 4 nitrogen and oxygen atoms in total. The zero-order chi connectivity index (χ0) is 15.5. The smallest absolute Gasteiger partial charge is 0.166 e. The van der Waals surface area contributed by atoms with Crippen LogP contribution in [0.3, 0.4) is 0 Å². The molecule has 126 valence electrons. The molecule has 23 heavy (non-hydrogen) atoms. The molecule has 4 rings (SSSR count). The predicted octanol–water partition coefficient (Wildman–Crippen LogP) is 3.08. The molecule has 2 saturated heterocycles. The van der Waals surface area contributed by atoms with Gasteiger partial charge in [0.05, 0.1) is 0 Å². The van der Waals surface area contributed by atoms with Gasteiger partial charge in [-0.1, -0.05) is 18.6 Å². The Bertz CT molecular complexity index is 528. The Balaban J connectivity index is 1.45. The Labute approximate surface area is 139 Å². The number of fused-ring (bicyclic) bond motifs is 1. The Morgan fingerprint density at radius 3 is 2.70 bits per heavy atom. The molecule has 0 radical (unpaired) electrons. The fraction of sp³-hybridized carbons (Fsp3) is 0.684. The summed E-state index contributed by atoms with van der Waals surface area (Å²) in [5, 5.41) is 0. The molecule has 4 heteroatoms. The molecule has 0 saturated carbocycles. The third-order valence-corrected chi connectivity index (χ3v) is 5.47. The second-order valence-electron chi connectivity index (χ2n) is 6.97. The highest BCUT2D eigenvalue weighted by Gasteiger charge is 2.30. The van der Waals surface area contributed by atoms with Crippen LogP contribution in [0.2, 0.25) is 0 Å². The first kappa shape index (κ1) is 15.3. The SMILES string of the molecule is c1cc2c(c(C3CCCN3CCN3CCCCC3)c1)OCCO2. The van der Waals surface area contributed by atoms with Gasteiger partial charge in [0.15, 0.2) is 11.5 Å². The first-order valence-electron chi connectivity index (χ1n) is 9.27. The van der Waals surface area contributed by atoms with Crippen LogP contribution in [0.5, 0.6) is 11.5 Å². The fourth-order valence-corrected chi connectivity index (χ4v) is 4.26. The molecule has 2 fully saturated rings. The number of benzene rings is 1. The van der Waals surface area contributed by atoms with Gasteiger partial charge in [-0.25, -0.2) is 0 Å². The topological polar surface area (TPSA) is 24.9 Å². The van der Waals surface area contributed by atoms with E-state index in [1.54, 1.807) is 0 Å². The molecular weight excluding hydrogens is 288 g/mol. The largest absolute Gasteiger partial charge is 0.486 e. The number of hydrogen-bond acceptors (Lipinski definition) is 4. The van der Waals surface area contributed by atoms with Crippen LogP contribution in [0.25, 0.3) is 0 Å².